The van der Waals surface area contributed by atoms with Crippen LogP contribution in [0.3, 0.4) is 0 Å². The molecule has 0 fully saturated rings. The Hall–Kier alpha value is -2.72. The van der Waals surface area contributed by atoms with Crippen molar-refractivity contribution in [1.82, 2.24) is 5.32 Å². The van der Waals surface area contributed by atoms with E-state index in [2.05, 4.69) is 17.2 Å². The predicted octanol–water partition coefficient (Wildman–Crippen LogP) is 4.31. The molecule has 2 aromatic carbocycles. The smallest absolute Gasteiger partial charge is 0.416 e. The van der Waals surface area contributed by atoms with Crippen LogP contribution in [0, 0.1) is 17.7 Å². The van der Waals surface area contributed by atoms with Gasteiger partial charge in [0.05, 0.1) is 22.7 Å². The first-order valence-corrected chi connectivity index (χ1v) is 7.65. The number of halogens is 5. The Labute approximate surface area is 151 Å². The highest BCUT2D eigenvalue weighted by atomic mass is 35.5. The minimum absolute atomic E-state index is 0.0244. The lowest BCUT2D eigenvalue weighted by Gasteiger charge is -2.08. The number of carbonyl (C=O) groups is 1. The van der Waals surface area contributed by atoms with E-state index in [-0.39, 0.29) is 29.5 Å². The van der Waals surface area contributed by atoms with Crippen molar-refractivity contribution in [2.45, 2.75) is 6.18 Å². The van der Waals surface area contributed by atoms with Crippen LogP contribution in [-0.2, 0) is 6.18 Å². The number of carbonyl (C=O) groups excluding carboxylic acids is 1. The molecule has 0 aromatic heterocycles. The third-order valence-electron chi connectivity index (χ3n) is 3.12. The van der Waals surface area contributed by atoms with Crippen LogP contribution in [0.2, 0.25) is 5.02 Å². The van der Waals surface area contributed by atoms with E-state index in [9.17, 15) is 22.4 Å². The van der Waals surface area contributed by atoms with Crippen LogP contribution in [0.4, 0.5) is 17.6 Å². The summed E-state index contributed by atoms with van der Waals surface area (Å²) in [7, 11) is 0. The van der Waals surface area contributed by atoms with Gasteiger partial charge in [-0.25, -0.2) is 4.39 Å². The van der Waals surface area contributed by atoms with Gasteiger partial charge in [-0.2, -0.15) is 13.2 Å². The van der Waals surface area contributed by atoms with E-state index in [1.807, 2.05) is 0 Å². The Morgan fingerprint density at radius 2 is 1.88 bits per heavy atom. The average Bonchev–Trinajstić information content (AvgIpc) is 2.57. The summed E-state index contributed by atoms with van der Waals surface area (Å²) in [6.07, 6.45) is -4.46. The normalized spacial score (nSPS) is 10.7. The molecule has 26 heavy (non-hydrogen) atoms. The second-order valence-corrected chi connectivity index (χ2v) is 5.35. The molecule has 3 nitrogen and oxygen atoms in total. The quantitative estimate of drug-likeness (QED) is 0.629. The van der Waals surface area contributed by atoms with Crippen LogP contribution in [-0.4, -0.2) is 19.1 Å². The highest BCUT2D eigenvalue weighted by molar-refractivity contribution is 6.33. The summed E-state index contributed by atoms with van der Waals surface area (Å²) in [5, 5.41) is 2.34. The van der Waals surface area contributed by atoms with Crippen molar-refractivity contribution < 1.29 is 27.1 Å². The Bertz CT molecular complexity index is 836. The molecule has 0 saturated carbocycles. The molecule has 0 bridgehead atoms. The molecule has 0 spiro atoms. The lowest BCUT2D eigenvalue weighted by molar-refractivity contribution is -0.137. The molecular formula is C18H12ClF4NO2. The third-order valence-corrected chi connectivity index (χ3v) is 3.44. The maximum absolute atomic E-state index is 13.6. The molecule has 0 aliphatic carbocycles. The minimum atomic E-state index is -4.46. The number of hydrogen-bond donors (Lipinski definition) is 1. The van der Waals surface area contributed by atoms with Gasteiger partial charge in [0, 0.05) is 0 Å². The molecule has 2 rings (SSSR count). The van der Waals surface area contributed by atoms with Crippen LogP contribution in [0.5, 0.6) is 5.75 Å². The van der Waals surface area contributed by atoms with E-state index in [4.69, 9.17) is 16.3 Å². The van der Waals surface area contributed by atoms with Gasteiger partial charge < -0.3 is 10.1 Å². The fourth-order valence-electron chi connectivity index (χ4n) is 1.92. The molecule has 8 heteroatoms. The monoisotopic (exact) mass is 385 g/mol. The highest BCUT2D eigenvalue weighted by Gasteiger charge is 2.30. The molecular weight excluding hydrogens is 374 g/mol. The summed E-state index contributed by atoms with van der Waals surface area (Å²) < 4.78 is 56.4. The minimum Gasteiger partial charge on any atom is -0.481 e. The Morgan fingerprint density at radius 3 is 2.58 bits per heavy atom. The van der Waals surface area contributed by atoms with Crippen LogP contribution < -0.4 is 10.1 Å². The predicted molar refractivity (Wildman–Crippen MR) is 88.5 cm³/mol. The van der Waals surface area contributed by atoms with Gasteiger partial charge in [0.1, 0.15) is 18.2 Å². The van der Waals surface area contributed by atoms with Crippen LogP contribution >= 0.6 is 11.6 Å². The molecule has 0 atom stereocenters. The van der Waals surface area contributed by atoms with Crippen LogP contribution in [0.1, 0.15) is 15.9 Å². The Kier molecular flexibility index (Phi) is 6.47. The molecule has 0 saturated heterocycles. The summed E-state index contributed by atoms with van der Waals surface area (Å²) in [5.41, 5.74) is -1.10. The highest BCUT2D eigenvalue weighted by Crippen LogP contribution is 2.31. The van der Waals surface area contributed by atoms with Crippen LogP contribution in [0.25, 0.3) is 0 Å². The van der Waals surface area contributed by atoms with Crippen molar-refractivity contribution in [2.75, 3.05) is 13.2 Å². The first kappa shape index (κ1) is 19.6. The number of alkyl halides is 3. The molecule has 2 aromatic rings. The number of rotatable bonds is 4. The first-order valence-electron chi connectivity index (χ1n) is 7.27. The molecule has 0 unspecified atom stereocenters. The maximum Gasteiger partial charge on any atom is 0.416 e. The van der Waals surface area contributed by atoms with Crippen molar-refractivity contribution >= 4 is 17.5 Å². The van der Waals surface area contributed by atoms with Crippen molar-refractivity contribution in [3.8, 4) is 17.6 Å². The number of amides is 1. The van der Waals surface area contributed by atoms with Crippen LogP contribution in [0.15, 0.2) is 42.5 Å². The average molecular weight is 386 g/mol. The van der Waals surface area contributed by atoms with E-state index in [1.165, 1.54) is 24.3 Å². The number of hydrogen-bond acceptors (Lipinski definition) is 2. The van der Waals surface area contributed by atoms with Crippen molar-refractivity contribution in [1.29, 1.82) is 0 Å². The fraction of sp³-hybridized carbons (Fsp3) is 0.167. The lowest BCUT2D eigenvalue weighted by Crippen LogP contribution is -2.25. The zero-order valence-electron chi connectivity index (χ0n) is 13.2. The van der Waals surface area contributed by atoms with Gasteiger partial charge >= 0.3 is 6.18 Å². The second-order valence-electron chi connectivity index (χ2n) is 4.95. The molecule has 0 radical (unpaired) electrons. The first-order chi connectivity index (χ1) is 12.3. The van der Waals surface area contributed by atoms with Gasteiger partial charge in [-0.1, -0.05) is 35.6 Å². The summed E-state index contributed by atoms with van der Waals surface area (Å²) in [6.45, 7) is -0.271. The SMILES string of the molecule is O=C(NCC#CCOc1cccc(C(F)(F)F)c1)c1c(F)cccc1Cl. The zero-order valence-corrected chi connectivity index (χ0v) is 13.9. The van der Waals surface area contributed by atoms with E-state index < -0.39 is 23.5 Å². The lowest BCUT2D eigenvalue weighted by atomic mass is 10.2. The topological polar surface area (TPSA) is 38.3 Å². The van der Waals surface area contributed by atoms with Gasteiger partial charge in [-0.15, -0.1) is 0 Å². The van der Waals surface area contributed by atoms with Crippen molar-refractivity contribution in [3.05, 3.63) is 64.4 Å². The molecule has 136 valence electrons. The molecule has 0 heterocycles. The molecule has 1 N–H and O–H groups in total. The third kappa shape index (κ3) is 5.39. The number of benzene rings is 2. The van der Waals surface area contributed by atoms with Gasteiger partial charge in [0.2, 0.25) is 0 Å². The fourth-order valence-corrected chi connectivity index (χ4v) is 2.17. The van der Waals surface area contributed by atoms with E-state index >= 15 is 0 Å². The van der Waals surface area contributed by atoms with E-state index in [0.717, 1.165) is 18.2 Å². The summed E-state index contributed by atoms with van der Waals surface area (Å²) in [4.78, 5) is 11.8. The van der Waals surface area contributed by atoms with Gasteiger partial charge in [-0.05, 0) is 30.3 Å². The molecule has 0 aliphatic heterocycles. The second kappa shape index (κ2) is 8.59. The number of nitrogens with one attached hydrogen (secondary N) is 1. The largest absolute Gasteiger partial charge is 0.481 e. The maximum atomic E-state index is 13.6. The Balaban J connectivity index is 1.84. The summed E-state index contributed by atoms with van der Waals surface area (Å²) >= 11 is 5.76. The summed E-state index contributed by atoms with van der Waals surface area (Å²) in [6, 6.07) is 8.26. The zero-order chi connectivity index (χ0) is 19.2. The van der Waals surface area contributed by atoms with E-state index in [0.29, 0.717) is 0 Å². The molecule has 1 amide bonds. The van der Waals surface area contributed by atoms with Crippen molar-refractivity contribution in [3.63, 3.8) is 0 Å². The van der Waals surface area contributed by atoms with Crippen molar-refractivity contribution in [2.24, 2.45) is 0 Å². The number of ether oxygens (including phenoxy) is 1. The standard InChI is InChI=1S/C18H12ClF4NO2/c19-14-7-4-8-15(20)16(14)17(25)24-9-1-2-10-26-13-6-3-5-12(11-13)18(21,22)23/h3-8,11H,9-10H2,(H,24,25). The summed E-state index contributed by atoms with van der Waals surface area (Å²) in [5.74, 6) is 3.63. The van der Waals surface area contributed by atoms with Gasteiger partial charge in [-0.3, -0.25) is 4.79 Å². The van der Waals surface area contributed by atoms with E-state index in [1.54, 1.807) is 0 Å². The van der Waals surface area contributed by atoms with Gasteiger partial charge in [0.15, 0.2) is 0 Å². The van der Waals surface area contributed by atoms with Gasteiger partial charge in [0.25, 0.3) is 5.91 Å². The Morgan fingerprint density at radius 1 is 1.15 bits per heavy atom. The molecule has 0 aliphatic rings.